The lowest BCUT2D eigenvalue weighted by Crippen LogP contribution is -2.44. The predicted octanol–water partition coefficient (Wildman–Crippen LogP) is 2.32. The standard InChI is InChI=1S/C23H36N6O/c1-19-18-25-23(26-22(19)24-10-4-11-27(2)12-5-17-30)20-6-8-21(9-7-20)29-15-13-28(3)14-16-29/h6-9,18,30H,4-5,10-17H2,1-3H3,(H,24,25,26). The predicted molar refractivity (Wildman–Crippen MR) is 124 cm³/mol. The van der Waals surface area contributed by atoms with Crippen LogP contribution in [0.1, 0.15) is 18.4 Å². The van der Waals surface area contributed by atoms with Crippen molar-refractivity contribution in [1.29, 1.82) is 0 Å². The summed E-state index contributed by atoms with van der Waals surface area (Å²) >= 11 is 0. The van der Waals surface area contributed by atoms with Crippen LogP contribution in [0.5, 0.6) is 0 Å². The van der Waals surface area contributed by atoms with E-state index in [4.69, 9.17) is 10.1 Å². The molecule has 164 valence electrons. The van der Waals surface area contributed by atoms with Crippen LogP contribution in [0, 0.1) is 6.92 Å². The lowest BCUT2D eigenvalue weighted by atomic mass is 10.1. The molecule has 30 heavy (non-hydrogen) atoms. The first-order valence-corrected chi connectivity index (χ1v) is 11.0. The van der Waals surface area contributed by atoms with Gasteiger partial charge < -0.3 is 25.1 Å². The van der Waals surface area contributed by atoms with Gasteiger partial charge in [0.1, 0.15) is 5.82 Å². The number of hydrogen-bond acceptors (Lipinski definition) is 7. The van der Waals surface area contributed by atoms with E-state index in [-0.39, 0.29) is 6.61 Å². The Labute approximate surface area is 180 Å². The molecule has 0 spiro atoms. The fourth-order valence-corrected chi connectivity index (χ4v) is 3.65. The number of aromatic nitrogens is 2. The maximum Gasteiger partial charge on any atom is 0.161 e. The molecular weight excluding hydrogens is 376 g/mol. The molecule has 0 amide bonds. The molecule has 0 radical (unpaired) electrons. The summed E-state index contributed by atoms with van der Waals surface area (Å²) in [7, 11) is 4.27. The van der Waals surface area contributed by atoms with Gasteiger partial charge in [-0.3, -0.25) is 0 Å². The highest BCUT2D eigenvalue weighted by molar-refractivity contribution is 5.62. The van der Waals surface area contributed by atoms with E-state index in [0.717, 1.165) is 81.4 Å². The molecule has 7 heteroatoms. The zero-order valence-corrected chi connectivity index (χ0v) is 18.6. The second-order valence-electron chi connectivity index (χ2n) is 8.22. The maximum absolute atomic E-state index is 8.92. The molecule has 0 bridgehead atoms. The van der Waals surface area contributed by atoms with Crippen LogP contribution in [0.4, 0.5) is 11.5 Å². The van der Waals surface area contributed by atoms with Crippen molar-refractivity contribution in [2.75, 3.05) is 76.7 Å². The highest BCUT2D eigenvalue weighted by atomic mass is 16.3. The van der Waals surface area contributed by atoms with E-state index in [9.17, 15) is 0 Å². The SMILES string of the molecule is Cc1cnc(-c2ccc(N3CCN(C)CC3)cc2)nc1NCCCN(C)CCCO. The van der Waals surface area contributed by atoms with E-state index in [1.807, 2.05) is 13.1 Å². The first-order valence-electron chi connectivity index (χ1n) is 11.0. The number of aryl methyl sites for hydroxylation is 1. The number of anilines is 2. The summed E-state index contributed by atoms with van der Waals surface area (Å²) in [6.07, 6.45) is 3.75. The molecule has 1 aromatic carbocycles. The number of benzene rings is 1. The Morgan fingerprint density at radius 2 is 1.77 bits per heavy atom. The zero-order chi connectivity index (χ0) is 21.3. The number of likely N-dealkylation sites (N-methyl/N-ethyl adjacent to an activating group) is 1. The van der Waals surface area contributed by atoms with Gasteiger partial charge in [-0.2, -0.15) is 0 Å². The van der Waals surface area contributed by atoms with Gasteiger partial charge in [-0.15, -0.1) is 0 Å². The van der Waals surface area contributed by atoms with Crippen LogP contribution in [0.3, 0.4) is 0 Å². The Bertz CT molecular complexity index is 774. The average molecular weight is 413 g/mol. The van der Waals surface area contributed by atoms with Crippen LogP contribution in [-0.4, -0.2) is 91.4 Å². The van der Waals surface area contributed by atoms with Gasteiger partial charge in [-0.25, -0.2) is 9.97 Å². The van der Waals surface area contributed by atoms with E-state index in [2.05, 4.69) is 63.4 Å². The third kappa shape index (κ3) is 6.39. The lowest BCUT2D eigenvalue weighted by molar-refractivity contribution is 0.247. The van der Waals surface area contributed by atoms with Crippen LogP contribution in [0.25, 0.3) is 11.4 Å². The average Bonchev–Trinajstić information content (AvgIpc) is 2.77. The van der Waals surface area contributed by atoms with Crippen molar-refractivity contribution in [3.63, 3.8) is 0 Å². The summed E-state index contributed by atoms with van der Waals surface area (Å²) in [5.41, 5.74) is 3.36. The molecular formula is C23H36N6O. The number of nitrogens with one attached hydrogen (secondary N) is 1. The van der Waals surface area contributed by atoms with E-state index < -0.39 is 0 Å². The molecule has 2 N–H and O–H groups in total. The summed E-state index contributed by atoms with van der Waals surface area (Å²) in [5.74, 6) is 1.66. The molecule has 3 rings (SSSR count). The van der Waals surface area contributed by atoms with E-state index in [0.29, 0.717) is 0 Å². The van der Waals surface area contributed by atoms with Gasteiger partial charge in [0.2, 0.25) is 0 Å². The topological polar surface area (TPSA) is 67.8 Å². The molecule has 0 unspecified atom stereocenters. The third-order valence-corrected chi connectivity index (χ3v) is 5.67. The van der Waals surface area contributed by atoms with Crippen molar-refractivity contribution in [3.8, 4) is 11.4 Å². The quantitative estimate of drug-likeness (QED) is 0.581. The largest absolute Gasteiger partial charge is 0.396 e. The van der Waals surface area contributed by atoms with Crippen LogP contribution in [-0.2, 0) is 0 Å². The maximum atomic E-state index is 8.92. The normalized spacial score (nSPS) is 15.0. The fraction of sp³-hybridized carbons (Fsp3) is 0.565. The van der Waals surface area contributed by atoms with E-state index in [1.165, 1.54) is 5.69 Å². The van der Waals surface area contributed by atoms with Crippen molar-refractivity contribution in [1.82, 2.24) is 19.8 Å². The van der Waals surface area contributed by atoms with Gasteiger partial charge >= 0.3 is 0 Å². The number of aliphatic hydroxyl groups is 1. The molecule has 1 aliphatic rings. The van der Waals surface area contributed by atoms with Gasteiger partial charge in [0.05, 0.1) is 0 Å². The smallest absolute Gasteiger partial charge is 0.161 e. The molecule has 1 aliphatic heterocycles. The summed E-state index contributed by atoms with van der Waals surface area (Å²) < 4.78 is 0. The van der Waals surface area contributed by atoms with E-state index in [1.54, 1.807) is 0 Å². The Hall–Kier alpha value is -2.22. The molecule has 2 aromatic rings. The Balaban J connectivity index is 1.56. The highest BCUT2D eigenvalue weighted by Gasteiger charge is 2.14. The molecule has 0 aliphatic carbocycles. The Kier molecular flexibility index (Phi) is 8.42. The van der Waals surface area contributed by atoms with Crippen molar-refractivity contribution in [2.45, 2.75) is 19.8 Å². The summed E-state index contributed by atoms with van der Waals surface area (Å²) in [6, 6.07) is 8.61. The minimum Gasteiger partial charge on any atom is -0.396 e. The number of piperazine rings is 1. The van der Waals surface area contributed by atoms with Gasteiger partial charge in [0.15, 0.2) is 5.82 Å². The highest BCUT2D eigenvalue weighted by Crippen LogP contribution is 2.23. The molecule has 1 fully saturated rings. The van der Waals surface area contributed by atoms with E-state index >= 15 is 0 Å². The molecule has 7 nitrogen and oxygen atoms in total. The van der Waals surface area contributed by atoms with Crippen molar-refractivity contribution >= 4 is 11.5 Å². The Morgan fingerprint density at radius 1 is 1.07 bits per heavy atom. The summed E-state index contributed by atoms with van der Waals surface area (Å²) in [5, 5.41) is 12.4. The van der Waals surface area contributed by atoms with Gasteiger partial charge in [-0.1, -0.05) is 0 Å². The minimum atomic E-state index is 0.252. The Morgan fingerprint density at radius 3 is 2.47 bits per heavy atom. The van der Waals surface area contributed by atoms with Crippen molar-refractivity contribution in [2.24, 2.45) is 0 Å². The number of rotatable bonds is 10. The summed E-state index contributed by atoms with van der Waals surface area (Å²) in [6.45, 7) is 9.43. The van der Waals surface area contributed by atoms with Crippen LogP contribution < -0.4 is 10.2 Å². The first kappa shape index (κ1) is 22.5. The third-order valence-electron chi connectivity index (χ3n) is 5.67. The van der Waals surface area contributed by atoms with Crippen molar-refractivity contribution in [3.05, 3.63) is 36.0 Å². The molecule has 0 atom stereocenters. The zero-order valence-electron chi connectivity index (χ0n) is 18.6. The number of hydrogen-bond donors (Lipinski definition) is 2. The lowest BCUT2D eigenvalue weighted by Gasteiger charge is -2.34. The second kappa shape index (κ2) is 11.2. The second-order valence-corrected chi connectivity index (χ2v) is 8.22. The number of aliphatic hydroxyl groups excluding tert-OH is 1. The fourth-order valence-electron chi connectivity index (χ4n) is 3.65. The van der Waals surface area contributed by atoms with Crippen LogP contribution in [0.2, 0.25) is 0 Å². The summed E-state index contributed by atoms with van der Waals surface area (Å²) in [4.78, 5) is 16.4. The monoisotopic (exact) mass is 412 g/mol. The first-order chi connectivity index (χ1) is 14.6. The molecule has 2 heterocycles. The van der Waals surface area contributed by atoms with Gasteiger partial charge in [-0.05, 0) is 64.7 Å². The number of nitrogens with zero attached hydrogens (tertiary/aromatic N) is 5. The van der Waals surface area contributed by atoms with Gasteiger partial charge in [0.25, 0.3) is 0 Å². The molecule has 1 aromatic heterocycles. The molecule has 1 saturated heterocycles. The van der Waals surface area contributed by atoms with Crippen LogP contribution >= 0.6 is 0 Å². The molecule has 0 saturated carbocycles. The van der Waals surface area contributed by atoms with Crippen molar-refractivity contribution < 1.29 is 5.11 Å². The van der Waals surface area contributed by atoms with Crippen LogP contribution in [0.15, 0.2) is 30.5 Å². The van der Waals surface area contributed by atoms with Gasteiger partial charge in [0, 0.05) is 68.9 Å². The minimum absolute atomic E-state index is 0.252.